The van der Waals surface area contributed by atoms with E-state index in [-0.39, 0.29) is 6.54 Å². The highest BCUT2D eigenvalue weighted by molar-refractivity contribution is 7.90. The summed E-state index contributed by atoms with van der Waals surface area (Å²) in [6, 6.07) is 0. The summed E-state index contributed by atoms with van der Waals surface area (Å²) in [5.41, 5.74) is 5.29. The summed E-state index contributed by atoms with van der Waals surface area (Å²) in [5.74, 6) is 0. The van der Waals surface area contributed by atoms with Gasteiger partial charge in [-0.3, -0.25) is 0 Å². The van der Waals surface area contributed by atoms with Crippen LogP contribution in [0, 0.1) is 0 Å². The molecule has 0 fully saturated rings. The molecule has 0 amide bonds. The summed E-state index contributed by atoms with van der Waals surface area (Å²) < 4.78 is 25.4. The Kier molecular flexibility index (Phi) is 6.26. The molecule has 0 aliphatic heterocycles. The van der Waals surface area contributed by atoms with Crippen molar-refractivity contribution in [3.63, 3.8) is 0 Å². The van der Waals surface area contributed by atoms with Gasteiger partial charge in [0.15, 0.2) is 0 Å². The van der Waals surface area contributed by atoms with Crippen molar-refractivity contribution in [1.82, 2.24) is 9.62 Å². The smallest absolute Gasteiger partial charge is 0.215 e. The second kappa shape index (κ2) is 6.34. The van der Waals surface area contributed by atoms with Crippen LogP contribution in [-0.4, -0.2) is 51.8 Å². The minimum absolute atomic E-state index is 0.152. The van der Waals surface area contributed by atoms with Crippen LogP contribution in [0.15, 0.2) is 0 Å². The highest BCUT2D eigenvalue weighted by Crippen LogP contribution is 1.94. The summed E-state index contributed by atoms with van der Waals surface area (Å²) in [7, 11) is -1.27. The third-order valence-corrected chi connectivity index (χ3v) is 4.06. The number of hydrogen-bond donors (Lipinski definition) is 2. The van der Waals surface area contributed by atoms with Gasteiger partial charge in [0.25, 0.3) is 0 Å². The van der Waals surface area contributed by atoms with Gasteiger partial charge < -0.3 is 10.6 Å². The van der Waals surface area contributed by atoms with Crippen molar-refractivity contribution in [3.8, 4) is 0 Å². The molecule has 5 nitrogen and oxygen atoms in total. The van der Waals surface area contributed by atoms with Crippen molar-refractivity contribution in [1.29, 1.82) is 0 Å². The number of nitrogens with two attached hydrogens (primary N) is 1. The van der Waals surface area contributed by atoms with Gasteiger partial charge in [0.2, 0.25) is 10.0 Å². The van der Waals surface area contributed by atoms with Crippen LogP contribution in [0.1, 0.15) is 13.8 Å². The molecule has 1 unspecified atom stereocenters. The molecule has 0 saturated heterocycles. The summed E-state index contributed by atoms with van der Waals surface area (Å²) in [4.78, 5) is 2.04. The fourth-order valence-corrected chi connectivity index (χ4v) is 1.72. The summed E-state index contributed by atoms with van der Waals surface area (Å²) in [6.45, 7) is 5.85. The summed E-state index contributed by atoms with van der Waals surface area (Å²) in [6.07, 6.45) is 0. The Labute approximate surface area is 86.7 Å². The number of hydrogen-bond acceptors (Lipinski definition) is 4. The molecule has 0 spiro atoms. The zero-order valence-electron chi connectivity index (χ0n) is 9.16. The summed E-state index contributed by atoms with van der Waals surface area (Å²) >= 11 is 0. The van der Waals surface area contributed by atoms with E-state index in [4.69, 9.17) is 5.73 Å². The quantitative estimate of drug-likeness (QED) is 0.593. The maximum absolute atomic E-state index is 11.4. The Morgan fingerprint density at radius 1 is 1.50 bits per heavy atom. The SMILES string of the molecule is CCN(C)CCNS(=O)(=O)C(C)CN. The maximum atomic E-state index is 11.4. The first kappa shape index (κ1) is 13.8. The maximum Gasteiger partial charge on any atom is 0.215 e. The van der Waals surface area contributed by atoms with E-state index in [1.54, 1.807) is 6.92 Å². The number of nitrogens with one attached hydrogen (secondary N) is 1. The molecule has 0 bridgehead atoms. The zero-order chi connectivity index (χ0) is 11.2. The average Bonchev–Trinajstić information content (AvgIpc) is 2.15. The molecule has 0 aromatic rings. The van der Waals surface area contributed by atoms with Crippen molar-refractivity contribution in [2.24, 2.45) is 5.73 Å². The number of nitrogens with zero attached hydrogens (tertiary/aromatic N) is 1. The average molecular weight is 223 g/mol. The van der Waals surface area contributed by atoms with E-state index in [0.29, 0.717) is 13.1 Å². The molecule has 0 heterocycles. The lowest BCUT2D eigenvalue weighted by Crippen LogP contribution is -2.40. The predicted octanol–water partition coefficient (Wildman–Crippen LogP) is -0.795. The standard InChI is InChI=1S/C8H21N3O2S/c1-4-11(3)6-5-10-14(12,13)8(2)7-9/h8,10H,4-7,9H2,1-3H3. The molecule has 0 rings (SSSR count). The van der Waals surface area contributed by atoms with Gasteiger partial charge in [-0.05, 0) is 20.5 Å². The Balaban J connectivity index is 3.89. The first-order valence-electron chi connectivity index (χ1n) is 4.81. The molecular weight excluding hydrogens is 202 g/mol. The third kappa shape index (κ3) is 4.90. The summed E-state index contributed by atoms with van der Waals surface area (Å²) in [5, 5.41) is -0.519. The normalized spacial score (nSPS) is 14.6. The molecule has 86 valence electrons. The third-order valence-electron chi connectivity index (χ3n) is 2.20. The van der Waals surface area contributed by atoms with Gasteiger partial charge in [-0.15, -0.1) is 0 Å². The molecular formula is C8H21N3O2S. The fraction of sp³-hybridized carbons (Fsp3) is 1.00. The van der Waals surface area contributed by atoms with Crippen molar-refractivity contribution in [2.75, 3.05) is 33.2 Å². The molecule has 0 aliphatic rings. The fourth-order valence-electron chi connectivity index (χ4n) is 0.806. The first-order chi connectivity index (χ1) is 6.44. The van der Waals surface area contributed by atoms with Crippen molar-refractivity contribution < 1.29 is 8.42 Å². The lowest BCUT2D eigenvalue weighted by atomic mass is 10.5. The lowest BCUT2D eigenvalue weighted by Gasteiger charge is -2.16. The van der Waals surface area contributed by atoms with Crippen LogP contribution in [0.3, 0.4) is 0 Å². The Morgan fingerprint density at radius 2 is 2.07 bits per heavy atom. The van der Waals surface area contributed by atoms with Crippen LogP contribution in [0.4, 0.5) is 0 Å². The van der Waals surface area contributed by atoms with E-state index in [1.807, 2.05) is 18.9 Å². The molecule has 0 aliphatic carbocycles. The van der Waals surface area contributed by atoms with Crippen molar-refractivity contribution in [2.45, 2.75) is 19.1 Å². The van der Waals surface area contributed by atoms with Crippen LogP contribution in [0.25, 0.3) is 0 Å². The van der Waals surface area contributed by atoms with E-state index in [2.05, 4.69) is 4.72 Å². The van der Waals surface area contributed by atoms with Gasteiger partial charge in [-0.2, -0.15) is 0 Å². The van der Waals surface area contributed by atoms with Gasteiger partial charge in [0.05, 0.1) is 5.25 Å². The van der Waals surface area contributed by atoms with E-state index < -0.39 is 15.3 Å². The Bertz CT molecular complexity index is 241. The number of rotatable bonds is 7. The van der Waals surface area contributed by atoms with Crippen molar-refractivity contribution in [3.05, 3.63) is 0 Å². The van der Waals surface area contributed by atoms with E-state index in [9.17, 15) is 8.42 Å². The Morgan fingerprint density at radius 3 is 2.50 bits per heavy atom. The molecule has 14 heavy (non-hydrogen) atoms. The largest absolute Gasteiger partial charge is 0.329 e. The number of likely N-dealkylation sites (N-methyl/N-ethyl adjacent to an activating group) is 1. The van der Waals surface area contributed by atoms with E-state index in [0.717, 1.165) is 6.54 Å². The van der Waals surface area contributed by atoms with Crippen LogP contribution in [0.5, 0.6) is 0 Å². The van der Waals surface area contributed by atoms with Gasteiger partial charge in [-0.1, -0.05) is 6.92 Å². The van der Waals surface area contributed by atoms with E-state index in [1.165, 1.54) is 0 Å². The minimum atomic E-state index is -3.22. The lowest BCUT2D eigenvalue weighted by molar-refractivity contribution is 0.357. The molecule has 0 aromatic carbocycles. The molecule has 1 atom stereocenters. The molecule has 0 saturated carbocycles. The minimum Gasteiger partial charge on any atom is -0.329 e. The highest BCUT2D eigenvalue weighted by Gasteiger charge is 2.17. The molecule has 0 aromatic heterocycles. The Hall–Kier alpha value is -0.170. The highest BCUT2D eigenvalue weighted by atomic mass is 32.2. The van der Waals surface area contributed by atoms with Crippen LogP contribution < -0.4 is 10.5 Å². The van der Waals surface area contributed by atoms with Gasteiger partial charge in [-0.25, -0.2) is 13.1 Å². The van der Waals surface area contributed by atoms with Crippen LogP contribution >= 0.6 is 0 Å². The second-order valence-electron chi connectivity index (χ2n) is 3.38. The number of sulfonamides is 1. The van der Waals surface area contributed by atoms with Crippen LogP contribution in [0.2, 0.25) is 0 Å². The van der Waals surface area contributed by atoms with Crippen LogP contribution in [-0.2, 0) is 10.0 Å². The second-order valence-corrected chi connectivity index (χ2v) is 5.56. The first-order valence-corrected chi connectivity index (χ1v) is 6.35. The zero-order valence-corrected chi connectivity index (χ0v) is 9.97. The molecule has 6 heteroatoms. The monoisotopic (exact) mass is 223 g/mol. The van der Waals surface area contributed by atoms with Gasteiger partial charge in [0, 0.05) is 19.6 Å². The molecule has 3 N–H and O–H groups in total. The van der Waals surface area contributed by atoms with Crippen molar-refractivity contribution >= 4 is 10.0 Å². The van der Waals surface area contributed by atoms with E-state index >= 15 is 0 Å². The topological polar surface area (TPSA) is 75.4 Å². The van der Waals surface area contributed by atoms with Gasteiger partial charge >= 0.3 is 0 Å². The molecule has 0 radical (unpaired) electrons. The van der Waals surface area contributed by atoms with Gasteiger partial charge in [0.1, 0.15) is 0 Å². The predicted molar refractivity (Wildman–Crippen MR) is 58.6 cm³/mol.